The van der Waals surface area contributed by atoms with Crippen molar-refractivity contribution in [2.45, 2.75) is 25.5 Å². The normalized spacial score (nSPS) is 10.3. The van der Waals surface area contributed by atoms with Gasteiger partial charge in [0.2, 0.25) is 0 Å². The van der Waals surface area contributed by atoms with Crippen LogP contribution >= 0.6 is 21.6 Å². The number of hydrogen-bond donors (Lipinski definition) is 0. The van der Waals surface area contributed by atoms with Crippen molar-refractivity contribution in [2.75, 3.05) is 12.9 Å². The van der Waals surface area contributed by atoms with Crippen molar-refractivity contribution >= 4 is 21.6 Å². The van der Waals surface area contributed by atoms with Crippen LogP contribution in [0.25, 0.3) is 0 Å². The second-order valence-corrected chi connectivity index (χ2v) is 5.87. The summed E-state index contributed by atoms with van der Waals surface area (Å²) in [6, 6.07) is 8.28. The summed E-state index contributed by atoms with van der Waals surface area (Å²) in [5, 5.41) is 0. The molecule has 1 rings (SSSR count). The Kier molecular flexibility index (Phi) is 6.77. The van der Waals surface area contributed by atoms with Crippen LogP contribution in [0.1, 0.15) is 25.3 Å². The first-order valence-electron chi connectivity index (χ1n) is 5.24. The van der Waals surface area contributed by atoms with Gasteiger partial charge in [-0.05, 0) is 24.1 Å². The molecule has 1 aromatic carbocycles. The molecule has 1 aromatic rings. The van der Waals surface area contributed by atoms with Crippen molar-refractivity contribution in [1.29, 1.82) is 0 Å². The molecule has 0 aliphatic rings. The van der Waals surface area contributed by atoms with Gasteiger partial charge in [-0.1, -0.05) is 47.1 Å². The average molecular weight is 242 g/mol. The number of rotatable bonds is 7. The summed E-state index contributed by atoms with van der Waals surface area (Å²) >= 11 is 0. The average Bonchev–Trinajstić information content (AvgIpc) is 2.29. The second kappa shape index (κ2) is 7.94. The van der Waals surface area contributed by atoms with Gasteiger partial charge < -0.3 is 4.74 Å². The van der Waals surface area contributed by atoms with Gasteiger partial charge in [-0.3, -0.25) is 0 Å². The third-order valence-electron chi connectivity index (χ3n) is 2.02. The monoisotopic (exact) mass is 242 g/mol. The summed E-state index contributed by atoms with van der Waals surface area (Å²) in [7, 11) is 5.60. The maximum absolute atomic E-state index is 5.18. The lowest BCUT2D eigenvalue weighted by atomic mass is 10.2. The fourth-order valence-corrected chi connectivity index (χ4v) is 3.42. The number of methoxy groups -OCH3 is 1. The summed E-state index contributed by atoms with van der Waals surface area (Å²) in [6.07, 6.45) is 2.60. The smallest absolute Gasteiger partial charge is 0.119 e. The molecule has 0 amide bonds. The minimum absolute atomic E-state index is 0.951. The Morgan fingerprint density at radius 1 is 1.27 bits per heavy atom. The van der Waals surface area contributed by atoms with Gasteiger partial charge in [-0.2, -0.15) is 0 Å². The predicted octanol–water partition coefficient (Wildman–Crippen LogP) is 4.38. The van der Waals surface area contributed by atoms with Gasteiger partial charge >= 0.3 is 0 Å². The lowest BCUT2D eigenvalue weighted by Gasteiger charge is -2.03. The first-order chi connectivity index (χ1) is 7.36. The van der Waals surface area contributed by atoms with Crippen LogP contribution in [0, 0.1) is 0 Å². The maximum atomic E-state index is 5.18. The standard InChI is InChI=1S/C12H18OS2/c1-3-4-8-14-15-10-11-6-5-7-12(9-11)13-2/h5-7,9H,3-4,8,10H2,1-2H3. The van der Waals surface area contributed by atoms with Crippen LogP contribution in [0.3, 0.4) is 0 Å². The van der Waals surface area contributed by atoms with Crippen molar-refractivity contribution in [3.63, 3.8) is 0 Å². The van der Waals surface area contributed by atoms with E-state index < -0.39 is 0 Å². The summed E-state index contributed by atoms with van der Waals surface area (Å²) in [6.45, 7) is 2.23. The zero-order valence-electron chi connectivity index (χ0n) is 9.36. The summed E-state index contributed by atoms with van der Waals surface area (Å²) in [5.41, 5.74) is 1.34. The Balaban J connectivity index is 2.24. The molecule has 0 saturated carbocycles. The third kappa shape index (κ3) is 5.38. The highest BCUT2D eigenvalue weighted by Gasteiger charge is 1.96. The molecule has 0 fully saturated rings. The molecular formula is C12H18OS2. The van der Waals surface area contributed by atoms with E-state index >= 15 is 0 Å². The quantitative estimate of drug-likeness (QED) is 0.519. The molecule has 0 aliphatic carbocycles. The molecule has 0 atom stereocenters. The van der Waals surface area contributed by atoms with Gasteiger partial charge in [-0.25, -0.2) is 0 Å². The van der Waals surface area contributed by atoms with Gasteiger partial charge in [-0.15, -0.1) is 0 Å². The van der Waals surface area contributed by atoms with E-state index in [1.54, 1.807) is 7.11 Å². The minimum Gasteiger partial charge on any atom is -0.497 e. The van der Waals surface area contributed by atoms with Gasteiger partial charge in [0.1, 0.15) is 5.75 Å². The highest BCUT2D eigenvalue weighted by molar-refractivity contribution is 8.76. The number of ether oxygens (including phenoxy) is 1. The third-order valence-corrected chi connectivity index (χ3v) is 4.45. The van der Waals surface area contributed by atoms with E-state index in [1.165, 1.54) is 24.2 Å². The van der Waals surface area contributed by atoms with Crippen LogP contribution in [0.4, 0.5) is 0 Å². The van der Waals surface area contributed by atoms with E-state index in [2.05, 4.69) is 19.1 Å². The van der Waals surface area contributed by atoms with Crippen LogP contribution in [-0.2, 0) is 5.75 Å². The molecule has 3 heteroatoms. The van der Waals surface area contributed by atoms with Crippen LogP contribution < -0.4 is 4.74 Å². The fourth-order valence-electron chi connectivity index (χ4n) is 1.13. The SMILES string of the molecule is CCCCSSCc1cccc(OC)c1. The molecule has 0 radical (unpaired) electrons. The Morgan fingerprint density at radius 3 is 2.87 bits per heavy atom. The number of hydrogen-bond acceptors (Lipinski definition) is 3. The topological polar surface area (TPSA) is 9.23 Å². The predicted molar refractivity (Wildman–Crippen MR) is 71.7 cm³/mol. The lowest BCUT2D eigenvalue weighted by molar-refractivity contribution is 0.414. The van der Waals surface area contributed by atoms with Gasteiger partial charge in [0, 0.05) is 11.5 Å². The molecule has 0 aromatic heterocycles. The Morgan fingerprint density at radius 2 is 2.13 bits per heavy atom. The Labute approximate surface area is 100 Å². The molecule has 0 heterocycles. The molecule has 15 heavy (non-hydrogen) atoms. The lowest BCUT2D eigenvalue weighted by Crippen LogP contribution is -1.84. The largest absolute Gasteiger partial charge is 0.497 e. The van der Waals surface area contributed by atoms with E-state index in [0.29, 0.717) is 0 Å². The van der Waals surface area contributed by atoms with Crippen molar-refractivity contribution in [2.24, 2.45) is 0 Å². The first kappa shape index (κ1) is 12.8. The zero-order valence-corrected chi connectivity index (χ0v) is 11.0. The van der Waals surface area contributed by atoms with E-state index in [9.17, 15) is 0 Å². The Hall–Kier alpha value is -0.280. The molecular weight excluding hydrogens is 224 g/mol. The van der Waals surface area contributed by atoms with Crippen LogP contribution in [-0.4, -0.2) is 12.9 Å². The summed E-state index contributed by atoms with van der Waals surface area (Å²) in [4.78, 5) is 0. The van der Waals surface area contributed by atoms with Crippen molar-refractivity contribution in [3.8, 4) is 5.75 Å². The van der Waals surface area contributed by atoms with Crippen LogP contribution in [0.5, 0.6) is 5.75 Å². The second-order valence-electron chi connectivity index (χ2n) is 3.29. The van der Waals surface area contributed by atoms with Crippen molar-refractivity contribution in [3.05, 3.63) is 29.8 Å². The zero-order chi connectivity index (χ0) is 10.9. The highest BCUT2D eigenvalue weighted by atomic mass is 33.1. The minimum atomic E-state index is 0.951. The van der Waals surface area contributed by atoms with E-state index in [1.807, 2.05) is 33.7 Å². The van der Waals surface area contributed by atoms with Crippen molar-refractivity contribution in [1.82, 2.24) is 0 Å². The molecule has 0 saturated heterocycles. The molecule has 0 unspecified atom stereocenters. The number of benzene rings is 1. The van der Waals surface area contributed by atoms with Crippen LogP contribution in [0.15, 0.2) is 24.3 Å². The Bertz CT molecular complexity index is 276. The van der Waals surface area contributed by atoms with E-state index in [0.717, 1.165) is 11.5 Å². The molecule has 84 valence electrons. The molecule has 1 nitrogen and oxygen atoms in total. The molecule has 0 N–H and O–H groups in total. The van der Waals surface area contributed by atoms with Gasteiger partial charge in [0.25, 0.3) is 0 Å². The highest BCUT2D eigenvalue weighted by Crippen LogP contribution is 2.27. The first-order valence-corrected chi connectivity index (χ1v) is 7.73. The summed E-state index contributed by atoms with van der Waals surface area (Å²) < 4.78 is 5.18. The van der Waals surface area contributed by atoms with Crippen molar-refractivity contribution < 1.29 is 4.74 Å². The van der Waals surface area contributed by atoms with Crippen LogP contribution in [0.2, 0.25) is 0 Å². The molecule has 0 spiro atoms. The fraction of sp³-hybridized carbons (Fsp3) is 0.500. The van der Waals surface area contributed by atoms with E-state index in [4.69, 9.17) is 4.74 Å². The molecule has 0 bridgehead atoms. The summed E-state index contributed by atoms with van der Waals surface area (Å²) in [5.74, 6) is 3.27. The maximum Gasteiger partial charge on any atom is 0.119 e. The van der Waals surface area contributed by atoms with E-state index in [-0.39, 0.29) is 0 Å². The number of unbranched alkanes of at least 4 members (excludes halogenated alkanes) is 1. The van der Waals surface area contributed by atoms with Gasteiger partial charge in [0.15, 0.2) is 0 Å². The van der Waals surface area contributed by atoms with Gasteiger partial charge in [0.05, 0.1) is 7.11 Å². The molecule has 0 aliphatic heterocycles.